The minimum absolute atomic E-state index is 0.0133. The maximum Gasteiger partial charge on any atom is 0.305 e. The van der Waals surface area contributed by atoms with Crippen molar-refractivity contribution >= 4 is 21.6 Å². The quantitative estimate of drug-likeness (QED) is 0.258. The number of hydrogen-bond acceptors (Lipinski definition) is 7. The molecule has 1 aromatic heterocycles. The molecule has 0 fully saturated rings. The summed E-state index contributed by atoms with van der Waals surface area (Å²) in [5, 5.41) is 27.5. The van der Waals surface area contributed by atoms with Crippen LogP contribution in [0.3, 0.4) is 0 Å². The van der Waals surface area contributed by atoms with Crippen LogP contribution in [0.1, 0.15) is 37.0 Å². The van der Waals surface area contributed by atoms with Crippen molar-refractivity contribution in [2.45, 2.75) is 32.4 Å². The van der Waals surface area contributed by atoms with Crippen LogP contribution < -0.4 is 20.2 Å². The highest BCUT2D eigenvalue weighted by atomic mass is 32.1. The summed E-state index contributed by atoms with van der Waals surface area (Å²) in [5.74, 6) is 0.883. The van der Waals surface area contributed by atoms with Gasteiger partial charge < -0.3 is 30.6 Å². The number of nitrogens with one attached hydrogen (secondary N) is 3. The molecule has 1 unspecified atom stereocenters. The first-order valence-electron chi connectivity index (χ1n) is 11.8. The molecule has 3 aromatic rings. The van der Waals surface area contributed by atoms with Gasteiger partial charge >= 0.3 is 4.87 Å². The number of hydrogen-bond donors (Lipinski definition) is 5. The van der Waals surface area contributed by atoms with Crippen LogP contribution in [0.15, 0.2) is 65.0 Å². The van der Waals surface area contributed by atoms with Gasteiger partial charge in [0.05, 0.1) is 17.9 Å². The first kappa shape index (κ1) is 25.2. The molecule has 35 heavy (non-hydrogen) atoms. The molecule has 186 valence electrons. The van der Waals surface area contributed by atoms with Crippen molar-refractivity contribution < 1.29 is 14.9 Å². The third-order valence-electron chi connectivity index (χ3n) is 6.32. The van der Waals surface area contributed by atoms with Crippen molar-refractivity contribution in [3.05, 3.63) is 81.0 Å². The van der Waals surface area contributed by atoms with Gasteiger partial charge in [-0.15, -0.1) is 0 Å². The second-order valence-corrected chi connectivity index (χ2v) is 10.3. The standard InChI is InChI=1S/C27H33N3O4S/c1-27(17-29-15-19-5-3-7-20(13-19)34-2)11-4-6-18(14-27)10-12-28-16-23(32)21-8-9-22(31)24-25(21)35-26(33)30-24/h3-9,13-14,23,28-29,31-32H,10-12,15-17H2,1-2H3,(H,30,33)/t23-,27?/m0/s1. The van der Waals surface area contributed by atoms with E-state index in [-0.39, 0.29) is 16.0 Å². The van der Waals surface area contributed by atoms with Crippen LogP contribution in [0.4, 0.5) is 0 Å². The van der Waals surface area contributed by atoms with E-state index < -0.39 is 6.10 Å². The van der Waals surface area contributed by atoms with Crippen molar-refractivity contribution in [1.82, 2.24) is 15.6 Å². The highest BCUT2D eigenvalue weighted by Gasteiger charge is 2.23. The van der Waals surface area contributed by atoms with Gasteiger partial charge in [0.1, 0.15) is 17.0 Å². The van der Waals surface area contributed by atoms with Gasteiger partial charge in [-0.2, -0.15) is 0 Å². The largest absolute Gasteiger partial charge is 0.506 e. The predicted molar refractivity (Wildman–Crippen MR) is 141 cm³/mol. The summed E-state index contributed by atoms with van der Waals surface area (Å²) in [6.07, 6.45) is 7.85. The zero-order valence-corrected chi connectivity index (χ0v) is 21.0. The van der Waals surface area contributed by atoms with Gasteiger partial charge in [-0.1, -0.05) is 60.3 Å². The van der Waals surface area contributed by atoms with Crippen molar-refractivity contribution in [2.75, 3.05) is 26.7 Å². The Morgan fingerprint density at radius 1 is 1.26 bits per heavy atom. The fraction of sp³-hybridized carbons (Fsp3) is 0.370. The van der Waals surface area contributed by atoms with Crippen LogP contribution in [0.5, 0.6) is 11.5 Å². The molecule has 0 spiro atoms. The summed E-state index contributed by atoms with van der Waals surface area (Å²) in [5.41, 5.74) is 3.54. The van der Waals surface area contributed by atoms with Gasteiger partial charge in [0.15, 0.2) is 0 Å². The molecule has 8 heteroatoms. The lowest BCUT2D eigenvalue weighted by Gasteiger charge is -2.29. The van der Waals surface area contributed by atoms with E-state index in [0.717, 1.165) is 49.6 Å². The zero-order chi connectivity index (χ0) is 24.8. The number of aromatic nitrogens is 1. The molecule has 2 atom stereocenters. The number of aliphatic hydroxyl groups excluding tert-OH is 1. The van der Waals surface area contributed by atoms with Crippen molar-refractivity contribution in [2.24, 2.45) is 5.41 Å². The van der Waals surface area contributed by atoms with E-state index in [0.29, 0.717) is 22.3 Å². The molecule has 7 nitrogen and oxygen atoms in total. The summed E-state index contributed by atoms with van der Waals surface area (Å²) in [4.78, 5) is 14.1. The lowest BCUT2D eigenvalue weighted by Crippen LogP contribution is -2.31. The lowest BCUT2D eigenvalue weighted by atomic mass is 9.80. The van der Waals surface area contributed by atoms with Crippen LogP contribution in [-0.2, 0) is 6.54 Å². The van der Waals surface area contributed by atoms with E-state index in [1.54, 1.807) is 13.2 Å². The summed E-state index contributed by atoms with van der Waals surface area (Å²) in [7, 11) is 1.68. The van der Waals surface area contributed by atoms with Gasteiger partial charge in [-0.3, -0.25) is 4.79 Å². The first-order valence-corrected chi connectivity index (χ1v) is 12.6. The molecule has 0 saturated carbocycles. The topological polar surface area (TPSA) is 107 Å². The van der Waals surface area contributed by atoms with Crippen LogP contribution in [0.25, 0.3) is 10.2 Å². The number of benzene rings is 2. The Kier molecular flexibility index (Phi) is 8.07. The Bertz CT molecular complexity index is 1280. The number of methoxy groups -OCH3 is 1. The number of allylic oxidation sites excluding steroid dienone is 2. The fourth-order valence-corrected chi connectivity index (χ4v) is 5.39. The number of aromatic hydroxyl groups is 1. The van der Waals surface area contributed by atoms with Crippen LogP contribution >= 0.6 is 11.3 Å². The van der Waals surface area contributed by atoms with E-state index in [1.165, 1.54) is 17.2 Å². The summed E-state index contributed by atoms with van der Waals surface area (Å²) >= 11 is 1.00. The maximum absolute atomic E-state index is 11.7. The number of aromatic amines is 1. The maximum atomic E-state index is 11.7. The van der Waals surface area contributed by atoms with Crippen LogP contribution in [0.2, 0.25) is 0 Å². The molecule has 0 radical (unpaired) electrons. The minimum atomic E-state index is -0.772. The Morgan fingerprint density at radius 2 is 2.11 bits per heavy atom. The third kappa shape index (κ3) is 6.41. The van der Waals surface area contributed by atoms with E-state index in [4.69, 9.17) is 4.74 Å². The minimum Gasteiger partial charge on any atom is -0.506 e. The van der Waals surface area contributed by atoms with Gasteiger partial charge in [-0.25, -0.2) is 0 Å². The first-order chi connectivity index (χ1) is 16.9. The van der Waals surface area contributed by atoms with E-state index in [1.807, 2.05) is 12.1 Å². The zero-order valence-electron chi connectivity index (χ0n) is 20.1. The number of H-pyrrole nitrogens is 1. The molecule has 1 heterocycles. The number of aliphatic hydroxyl groups is 1. The van der Waals surface area contributed by atoms with E-state index in [2.05, 4.69) is 52.9 Å². The van der Waals surface area contributed by atoms with Gasteiger partial charge in [0.25, 0.3) is 0 Å². The predicted octanol–water partition coefficient (Wildman–Crippen LogP) is 4.00. The Labute approximate surface area is 209 Å². The van der Waals surface area contributed by atoms with Crippen molar-refractivity contribution in [3.63, 3.8) is 0 Å². The molecular formula is C27H33N3O4S. The Hall–Kier alpha value is -2.91. The van der Waals surface area contributed by atoms with Crippen molar-refractivity contribution in [3.8, 4) is 11.5 Å². The van der Waals surface area contributed by atoms with Crippen LogP contribution in [-0.4, -0.2) is 41.9 Å². The third-order valence-corrected chi connectivity index (χ3v) is 7.25. The summed E-state index contributed by atoms with van der Waals surface area (Å²) < 4.78 is 5.90. The highest BCUT2D eigenvalue weighted by molar-refractivity contribution is 7.16. The lowest BCUT2D eigenvalue weighted by molar-refractivity contribution is 0.176. The molecule has 4 rings (SSSR count). The highest BCUT2D eigenvalue weighted by Crippen LogP contribution is 2.32. The smallest absolute Gasteiger partial charge is 0.305 e. The molecule has 5 N–H and O–H groups in total. The van der Waals surface area contributed by atoms with Gasteiger partial charge in [0.2, 0.25) is 0 Å². The number of fused-ring (bicyclic) bond motifs is 1. The Morgan fingerprint density at radius 3 is 2.94 bits per heavy atom. The second-order valence-electron chi connectivity index (χ2n) is 9.30. The molecular weight excluding hydrogens is 462 g/mol. The molecule has 1 aliphatic carbocycles. The second kappa shape index (κ2) is 11.2. The van der Waals surface area contributed by atoms with Gasteiger partial charge in [-0.05, 0) is 43.1 Å². The average Bonchev–Trinajstić information content (AvgIpc) is 3.24. The molecule has 2 aromatic carbocycles. The number of phenols is 1. The molecule has 0 saturated heterocycles. The number of phenolic OH excluding ortho intramolecular Hbond substituents is 1. The number of thiazole rings is 1. The van der Waals surface area contributed by atoms with Gasteiger partial charge in [0, 0.05) is 30.6 Å². The number of rotatable bonds is 11. The monoisotopic (exact) mass is 495 g/mol. The molecule has 0 amide bonds. The summed E-state index contributed by atoms with van der Waals surface area (Å²) in [6.45, 7) is 5.03. The fourth-order valence-electron chi connectivity index (χ4n) is 4.47. The molecule has 1 aliphatic rings. The Balaban J connectivity index is 1.26. The normalized spacial score (nSPS) is 18.5. The van der Waals surface area contributed by atoms with Crippen molar-refractivity contribution in [1.29, 1.82) is 0 Å². The number of ether oxygens (including phenoxy) is 1. The van der Waals surface area contributed by atoms with E-state index >= 15 is 0 Å². The van der Waals surface area contributed by atoms with Crippen LogP contribution in [0, 0.1) is 5.41 Å². The average molecular weight is 496 g/mol. The van der Waals surface area contributed by atoms with E-state index in [9.17, 15) is 15.0 Å². The summed E-state index contributed by atoms with van der Waals surface area (Å²) in [6, 6.07) is 11.3. The SMILES string of the molecule is COc1cccc(CNCC2(C)C=C(CCNC[C@H](O)c3ccc(O)c4[nH]c(=O)sc34)C=CC2)c1. The molecule has 0 bridgehead atoms. The molecule has 0 aliphatic heterocycles.